The van der Waals surface area contributed by atoms with Gasteiger partial charge in [0, 0.05) is 37.1 Å². The molecule has 0 aromatic carbocycles. The number of amides is 1. The van der Waals surface area contributed by atoms with Crippen molar-refractivity contribution in [3.63, 3.8) is 0 Å². The van der Waals surface area contributed by atoms with Crippen molar-refractivity contribution in [3.05, 3.63) is 58.7 Å². The minimum Gasteiger partial charge on any atom is -0.368 e. The molecule has 0 fully saturated rings. The normalized spacial score (nSPS) is 11.2. The van der Waals surface area contributed by atoms with Gasteiger partial charge in [0.25, 0.3) is 5.91 Å². The van der Waals surface area contributed by atoms with Crippen LogP contribution < -0.4 is 10.6 Å². The lowest BCUT2D eigenvalue weighted by Gasteiger charge is -2.12. The number of aromatic nitrogens is 3. The Morgan fingerprint density at radius 3 is 2.56 bits per heavy atom. The molecule has 1 amide bonds. The van der Waals surface area contributed by atoms with Crippen LogP contribution >= 0.6 is 11.3 Å². The van der Waals surface area contributed by atoms with E-state index < -0.39 is 11.9 Å². The van der Waals surface area contributed by atoms with E-state index in [1.54, 1.807) is 17.5 Å². The number of hydrogen-bond acceptors (Lipinski definition) is 6. The van der Waals surface area contributed by atoms with Crippen molar-refractivity contribution in [2.75, 3.05) is 18.4 Å². The second-order valence-corrected chi connectivity index (χ2v) is 6.30. The van der Waals surface area contributed by atoms with Crippen LogP contribution in [-0.2, 0) is 6.18 Å². The maximum Gasteiger partial charge on any atom is 0.433 e. The SMILES string of the molecule is O=C(NCCNc1cc(C(F)(F)F)nc(-c2ccncc2)n1)c1cccs1. The molecule has 0 radical (unpaired) electrons. The summed E-state index contributed by atoms with van der Waals surface area (Å²) in [5.74, 6) is -0.269. The van der Waals surface area contributed by atoms with Crippen molar-refractivity contribution in [2.45, 2.75) is 6.18 Å². The first kappa shape index (κ1) is 18.8. The Balaban J connectivity index is 1.69. The Morgan fingerprint density at radius 2 is 1.89 bits per heavy atom. The summed E-state index contributed by atoms with van der Waals surface area (Å²) in [5.41, 5.74) is -0.625. The molecule has 0 aliphatic rings. The Kier molecular flexibility index (Phi) is 5.65. The van der Waals surface area contributed by atoms with Gasteiger partial charge in [0.2, 0.25) is 0 Å². The highest BCUT2D eigenvalue weighted by Gasteiger charge is 2.33. The van der Waals surface area contributed by atoms with Gasteiger partial charge in [-0.05, 0) is 23.6 Å². The third kappa shape index (κ3) is 5.00. The summed E-state index contributed by atoms with van der Waals surface area (Å²) in [6.45, 7) is 0.438. The number of carbonyl (C=O) groups is 1. The van der Waals surface area contributed by atoms with Crippen molar-refractivity contribution in [1.82, 2.24) is 20.3 Å². The molecule has 0 aliphatic carbocycles. The topological polar surface area (TPSA) is 79.8 Å². The van der Waals surface area contributed by atoms with E-state index >= 15 is 0 Å². The molecule has 2 N–H and O–H groups in total. The van der Waals surface area contributed by atoms with Crippen LogP contribution in [0.3, 0.4) is 0 Å². The third-order valence-corrected chi connectivity index (χ3v) is 4.29. The van der Waals surface area contributed by atoms with Crippen molar-refractivity contribution in [1.29, 1.82) is 0 Å². The summed E-state index contributed by atoms with van der Waals surface area (Å²) >= 11 is 1.31. The highest BCUT2D eigenvalue weighted by molar-refractivity contribution is 7.12. The fourth-order valence-electron chi connectivity index (χ4n) is 2.17. The Bertz CT molecular complexity index is 901. The van der Waals surface area contributed by atoms with Crippen LogP contribution in [0.5, 0.6) is 0 Å². The molecule has 0 atom stereocenters. The van der Waals surface area contributed by atoms with Crippen LogP contribution in [0.25, 0.3) is 11.4 Å². The number of pyridine rings is 1. The molecule has 27 heavy (non-hydrogen) atoms. The van der Waals surface area contributed by atoms with E-state index in [9.17, 15) is 18.0 Å². The molecule has 3 heterocycles. The van der Waals surface area contributed by atoms with Crippen molar-refractivity contribution < 1.29 is 18.0 Å². The summed E-state index contributed by atoms with van der Waals surface area (Å²) in [6.07, 6.45) is -1.70. The molecule has 10 heteroatoms. The fourth-order valence-corrected chi connectivity index (χ4v) is 2.81. The Hall–Kier alpha value is -3.01. The van der Waals surface area contributed by atoms with Gasteiger partial charge in [0.15, 0.2) is 11.5 Å². The van der Waals surface area contributed by atoms with Crippen LogP contribution in [0.4, 0.5) is 19.0 Å². The molecule has 0 saturated carbocycles. The van der Waals surface area contributed by atoms with E-state index in [1.165, 1.54) is 35.9 Å². The molecule has 0 bridgehead atoms. The minimum atomic E-state index is -4.60. The van der Waals surface area contributed by atoms with Crippen LogP contribution in [0.15, 0.2) is 48.1 Å². The summed E-state index contributed by atoms with van der Waals surface area (Å²) < 4.78 is 39.4. The molecular weight excluding hydrogens is 379 g/mol. The molecule has 0 spiro atoms. The predicted octanol–water partition coefficient (Wildman–Crippen LogP) is 3.46. The molecule has 3 rings (SSSR count). The average molecular weight is 393 g/mol. The standard InChI is InChI=1S/C17H14F3N5OS/c18-17(19,20)13-10-14(25-15(24-13)11-3-5-21-6-4-11)22-7-8-23-16(26)12-2-1-9-27-12/h1-6,9-10H,7-8H2,(H,23,26)(H,22,24,25). The third-order valence-electron chi connectivity index (χ3n) is 3.42. The molecular formula is C17H14F3N5OS. The zero-order valence-corrected chi connectivity index (χ0v) is 14.6. The number of alkyl halides is 3. The minimum absolute atomic E-state index is 0.0227. The molecule has 3 aromatic rings. The van der Waals surface area contributed by atoms with Gasteiger partial charge in [-0.25, -0.2) is 9.97 Å². The number of nitrogens with one attached hydrogen (secondary N) is 2. The van der Waals surface area contributed by atoms with E-state index in [0.717, 1.165) is 6.07 Å². The highest BCUT2D eigenvalue weighted by atomic mass is 32.1. The fraction of sp³-hybridized carbons (Fsp3) is 0.176. The van der Waals surface area contributed by atoms with Gasteiger partial charge in [0.1, 0.15) is 5.82 Å². The van der Waals surface area contributed by atoms with Crippen LogP contribution in [0.1, 0.15) is 15.4 Å². The van der Waals surface area contributed by atoms with Crippen molar-refractivity contribution >= 4 is 23.1 Å². The maximum atomic E-state index is 13.1. The van der Waals surface area contributed by atoms with Gasteiger partial charge in [-0.15, -0.1) is 11.3 Å². The second kappa shape index (κ2) is 8.12. The summed E-state index contributed by atoms with van der Waals surface area (Å²) in [7, 11) is 0. The highest BCUT2D eigenvalue weighted by Crippen LogP contribution is 2.30. The lowest BCUT2D eigenvalue weighted by molar-refractivity contribution is -0.141. The Labute approximate surface area is 156 Å². The van der Waals surface area contributed by atoms with Gasteiger partial charge in [-0.2, -0.15) is 13.2 Å². The van der Waals surface area contributed by atoms with Crippen molar-refractivity contribution in [3.8, 4) is 11.4 Å². The lowest BCUT2D eigenvalue weighted by Crippen LogP contribution is -2.28. The molecule has 0 saturated heterocycles. The number of halogens is 3. The van der Waals surface area contributed by atoms with E-state index in [2.05, 4.69) is 25.6 Å². The molecule has 140 valence electrons. The van der Waals surface area contributed by atoms with Crippen LogP contribution in [0.2, 0.25) is 0 Å². The number of nitrogens with zero attached hydrogens (tertiary/aromatic N) is 3. The number of rotatable bonds is 6. The Morgan fingerprint density at radius 1 is 1.11 bits per heavy atom. The summed E-state index contributed by atoms with van der Waals surface area (Å²) in [4.78, 5) is 23.9. The first-order valence-corrected chi connectivity index (χ1v) is 8.74. The smallest absolute Gasteiger partial charge is 0.368 e. The first-order chi connectivity index (χ1) is 12.9. The maximum absolute atomic E-state index is 13.1. The summed E-state index contributed by atoms with van der Waals surface area (Å²) in [5, 5.41) is 7.26. The van der Waals surface area contributed by atoms with Gasteiger partial charge >= 0.3 is 6.18 Å². The van der Waals surface area contributed by atoms with Gasteiger partial charge in [0.05, 0.1) is 4.88 Å². The van der Waals surface area contributed by atoms with Crippen LogP contribution in [-0.4, -0.2) is 33.9 Å². The quantitative estimate of drug-likeness (QED) is 0.627. The van der Waals surface area contributed by atoms with E-state index in [1.807, 2.05) is 0 Å². The molecule has 3 aromatic heterocycles. The zero-order chi connectivity index (χ0) is 19.3. The monoisotopic (exact) mass is 393 g/mol. The van der Waals surface area contributed by atoms with E-state index in [-0.39, 0.29) is 30.6 Å². The largest absolute Gasteiger partial charge is 0.433 e. The van der Waals surface area contributed by atoms with Gasteiger partial charge in [-0.1, -0.05) is 6.07 Å². The predicted molar refractivity (Wildman–Crippen MR) is 95.4 cm³/mol. The lowest BCUT2D eigenvalue weighted by atomic mass is 10.2. The number of thiophene rings is 1. The van der Waals surface area contributed by atoms with E-state index in [0.29, 0.717) is 10.4 Å². The average Bonchev–Trinajstić information content (AvgIpc) is 3.20. The second-order valence-electron chi connectivity index (χ2n) is 5.36. The molecule has 0 aliphatic heterocycles. The van der Waals surface area contributed by atoms with Gasteiger partial charge in [-0.3, -0.25) is 9.78 Å². The summed E-state index contributed by atoms with van der Waals surface area (Å²) in [6, 6.07) is 7.35. The number of carbonyl (C=O) groups excluding carboxylic acids is 1. The molecule has 0 unspecified atom stereocenters. The van der Waals surface area contributed by atoms with Crippen LogP contribution in [0, 0.1) is 0 Å². The van der Waals surface area contributed by atoms with E-state index in [4.69, 9.17) is 0 Å². The van der Waals surface area contributed by atoms with Gasteiger partial charge < -0.3 is 10.6 Å². The zero-order valence-electron chi connectivity index (χ0n) is 13.8. The number of anilines is 1. The van der Waals surface area contributed by atoms with Crippen molar-refractivity contribution in [2.24, 2.45) is 0 Å². The molecule has 6 nitrogen and oxygen atoms in total. The first-order valence-electron chi connectivity index (χ1n) is 7.86. The number of hydrogen-bond donors (Lipinski definition) is 2.